The zero-order chi connectivity index (χ0) is 11.5. The Morgan fingerprint density at radius 1 is 1.33 bits per heavy atom. The van der Waals surface area contributed by atoms with E-state index in [9.17, 15) is 17.2 Å². The van der Waals surface area contributed by atoms with Crippen molar-refractivity contribution < 1.29 is 17.2 Å². The van der Waals surface area contributed by atoms with Gasteiger partial charge in [-0.1, -0.05) is 12.8 Å². The van der Waals surface area contributed by atoms with E-state index in [1.807, 2.05) is 0 Å². The van der Waals surface area contributed by atoms with E-state index in [0.717, 1.165) is 17.1 Å². The molecule has 7 heteroatoms. The number of hydrogen-bond donors (Lipinski definition) is 0. The standard InChI is InChI=1S/C8H14ClF2NO2S/c9-6-7-4-2-1-3-5-12(7)15(13,14)8(10)11/h7-8H,1-6H2. The largest absolute Gasteiger partial charge is 0.350 e. The summed E-state index contributed by atoms with van der Waals surface area (Å²) in [6.07, 6.45) is 2.89. The summed E-state index contributed by atoms with van der Waals surface area (Å²) < 4.78 is 48.3. The second-order valence-electron chi connectivity index (χ2n) is 3.57. The van der Waals surface area contributed by atoms with Gasteiger partial charge in [-0.15, -0.1) is 11.6 Å². The number of halogens is 3. The molecule has 0 aromatic heterocycles. The second-order valence-corrected chi connectivity index (χ2v) is 5.74. The van der Waals surface area contributed by atoms with Crippen molar-refractivity contribution in [2.45, 2.75) is 37.5 Å². The van der Waals surface area contributed by atoms with Crippen LogP contribution in [0.4, 0.5) is 8.78 Å². The fraction of sp³-hybridized carbons (Fsp3) is 1.00. The summed E-state index contributed by atoms with van der Waals surface area (Å²) in [7, 11) is -4.47. The van der Waals surface area contributed by atoms with Crippen LogP contribution in [-0.4, -0.2) is 36.9 Å². The van der Waals surface area contributed by atoms with Crippen LogP contribution in [0.25, 0.3) is 0 Å². The van der Waals surface area contributed by atoms with Crippen molar-refractivity contribution in [2.75, 3.05) is 12.4 Å². The van der Waals surface area contributed by atoms with Crippen LogP contribution in [0, 0.1) is 0 Å². The first kappa shape index (κ1) is 13.1. The Morgan fingerprint density at radius 3 is 2.53 bits per heavy atom. The first-order valence-corrected chi connectivity index (χ1v) is 6.88. The quantitative estimate of drug-likeness (QED) is 0.729. The van der Waals surface area contributed by atoms with Gasteiger partial charge in [0.2, 0.25) is 0 Å². The number of sulfonamides is 1. The zero-order valence-electron chi connectivity index (χ0n) is 8.20. The Bertz CT molecular complexity index is 297. The van der Waals surface area contributed by atoms with Crippen molar-refractivity contribution in [3.05, 3.63) is 0 Å². The summed E-state index contributed by atoms with van der Waals surface area (Å²) in [6, 6.07) is -0.479. The molecule has 0 amide bonds. The normalized spacial score (nSPS) is 25.5. The van der Waals surface area contributed by atoms with E-state index in [-0.39, 0.29) is 12.4 Å². The average Bonchev–Trinajstić information content (AvgIpc) is 2.41. The van der Waals surface area contributed by atoms with Crippen molar-refractivity contribution >= 4 is 21.6 Å². The summed E-state index contributed by atoms with van der Waals surface area (Å²) in [5, 5.41) is 0. The van der Waals surface area contributed by atoms with Crippen LogP contribution in [0.2, 0.25) is 0 Å². The minimum Gasteiger partial charge on any atom is -0.206 e. The van der Waals surface area contributed by atoms with Crippen LogP contribution in [0.5, 0.6) is 0 Å². The van der Waals surface area contributed by atoms with Crippen LogP contribution < -0.4 is 0 Å². The number of hydrogen-bond acceptors (Lipinski definition) is 2. The molecule has 0 aromatic carbocycles. The summed E-state index contributed by atoms with van der Waals surface area (Å²) in [5.74, 6) is -3.27. The van der Waals surface area contributed by atoms with Gasteiger partial charge in [0.1, 0.15) is 0 Å². The highest BCUT2D eigenvalue weighted by Crippen LogP contribution is 2.24. The Morgan fingerprint density at radius 2 is 2.00 bits per heavy atom. The number of nitrogens with zero attached hydrogens (tertiary/aromatic N) is 1. The molecular weight excluding hydrogens is 248 g/mol. The first-order chi connectivity index (χ1) is 7.00. The third-order valence-corrected chi connectivity index (χ3v) is 4.49. The van der Waals surface area contributed by atoms with Gasteiger partial charge in [-0.25, -0.2) is 8.42 Å². The first-order valence-electron chi connectivity index (χ1n) is 4.85. The molecular formula is C8H14ClF2NO2S. The lowest BCUT2D eigenvalue weighted by Gasteiger charge is -2.26. The maximum absolute atomic E-state index is 12.4. The molecule has 0 N–H and O–H groups in total. The smallest absolute Gasteiger partial charge is 0.206 e. The molecule has 15 heavy (non-hydrogen) atoms. The molecule has 0 radical (unpaired) electrons. The van der Waals surface area contributed by atoms with Gasteiger partial charge < -0.3 is 0 Å². The van der Waals surface area contributed by atoms with E-state index in [1.54, 1.807) is 0 Å². The topological polar surface area (TPSA) is 37.4 Å². The van der Waals surface area contributed by atoms with Crippen molar-refractivity contribution in [3.8, 4) is 0 Å². The van der Waals surface area contributed by atoms with Gasteiger partial charge in [-0.2, -0.15) is 13.1 Å². The van der Waals surface area contributed by atoms with E-state index in [1.165, 1.54) is 0 Å². The van der Waals surface area contributed by atoms with E-state index in [0.29, 0.717) is 12.8 Å². The van der Waals surface area contributed by atoms with Gasteiger partial charge in [-0.05, 0) is 12.8 Å². The van der Waals surface area contributed by atoms with Crippen molar-refractivity contribution in [2.24, 2.45) is 0 Å². The molecule has 0 spiro atoms. The minimum atomic E-state index is -4.47. The number of alkyl halides is 3. The van der Waals surface area contributed by atoms with Crippen LogP contribution in [0.3, 0.4) is 0 Å². The van der Waals surface area contributed by atoms with E-state index in [2.05, 4.69) is 0 Å². The Hall–Kier alpha value is 0.0600. The second kappa shape index (κ2) is 5.41. The third kappa shape index (κ3) is 3.01. The maximum atomic E-state index is 12.4. The fourth-order valence-corrected chi connectivity index (χ4v) is 3.33. The lowest BCUT2D eigenvalue weighted by Crippen LogP contribution is -2.43. The summed E-state index contributed by atoms with van der Waals surface area (Å²) in [5.41, 5.74) is 0. The third-order valence-electron chi connectivity index (χ3n) is 2.55. The Balaban J connectivity index is 2.88. The Labute approximate surface area is 93.4 Å². The zero-order valence-corrected chi connectivity index (χ0v) is 9.78. The molecule has 1 unspecified atom stereocenters. The van der Waals surface area contributed by atoms with Gasteiger partial charge in [0.15, 0.2) is 0 Å². The molecule has 1 aliphatic heterocycles. The van der Waals surface area contributed by atoms with E-state index in [4.69, 9.17) is 11.6 Å². The molecule has 0 saturated carbocycles. The molecule has 1 heterocycles. The highest BCUT2D eigenvalue weighted by atomic mass is 35.5. The van der Waals surface area contributed by atoms with Crippen molar-refractivity contribution in [1.82, 2.24) is 4.31 Å². The fourth-order valence-electron chi connectivity index (χ4n) is 1.74. The maximum Gasteiger partial charge on any atom is 0.350 e. The average molecular weight is 262 g/mol. The van der Waals surface area contributed by atoms with Crippen LogP contribution in [0.1, 0.15) is 25.7 Å². The molecule has 1 saturated heterocycles. The number of rotatable bonds is 3. The molecule has 1 fully saturated rings. The van der Waals surface area contributed by atoms with Gasteiger partial charge in [0.05, 0.1) is 0 Å². The minimum absolute atomic E-state index is 0.0753. The summed E-state index contributed by atoms with van der Waals surface area (Å²) in [4.78, 5) is 0. The van der Waals surface area contributed by atoms with Gasteiger partial charge in [-0.3, -0.25) is 0 Å². The van der Waals surface area contributed by atoms with Crippen LogP contribution >= 0.6 is 11.6 Å². The summed E-state index contributed by atoms with van der Waals surface area (Å²) >= 11 is 5.61. The molecule has 1 aliphatic rings. The lowest BCUT2D eigenvalue weighted by atomic mass is 10.1. The molecule has 1 atom stereocenters. The predicted molar refractivity (Wildman–Crippen MR) is 54.6 cm³/mol. The van der Waals surface area contributed by atoms with E-state index >= 15 is 0 Å². The van der Waals surface area contributed by atoms with E-state index < -0.39 is 21.8 Å². The van der Waals surface area contributed by atoms with Crippen molar-refractivity contribution in [3.63, 3.8) is 0 Å². The monoisotopic (exact) mass is 261 g/mol. The molecule has 3 nitrogen and oxygen atoms in total. The van der Waals surface area contributed by atoms with Gasteiger partial charge in [0.25, 0.3) is 10.0 Å². The Kier molecular flexibility index (Phi) is 4.73. The molecule has 0 aromatic rings. The lowest BCUT2D eigenvalue weighted by molar-refractivity contribution is 0.211. The highest BCUT2D eigenvalue weighted by Gasteiger charge is 2.36. The van der Waals surface area contributed by atoms with Crippen LogP contribution in [0.15, 0.2) is 0 Å². The molecule has 0 bridgehead atoms. The highest BCUT2D eigenvalue weighted by molar-refractivity contribution is 7.89. The molecule has 0 aliphatic carbocycles. The van der Waals surface area contributed by atoms with Crippen LogP contribution in [-0.2, 0) is 10.0 Å². The molecule has 1 rings (SSSR count). The molecule has 90 valence electrons. The van der Waals surface area contributed by atoms with Gasteiger partial charge >= 0.3 is 5.76 Å². The predicted octanol–water partition coefficient (Wildman–Crippen LogP) is 2.02. The SMILES string of the molecule is O=S(=O)(C(F)F)N1CCCCCC1CCl. The van der Waals surface area contributed by atoms with Gasteiger partial charge in [0, 0.05) is 18.5 Å². The summed E-state index contributed by atoms with van der Waals surface area (Å²) in [6.45, 7) is 0.157. The van der Waals surface area contributed by atoms with Crippen molar-refractivity contribution in [1.29, 1.82) is 0 Å².